The van der Waals surface area contributed by atoms with Gasteiger partial charge < -0.3 is 10.6 Å². The van der Waals surface area contributed by atoms with Crippen molar-refractivity contribution >= 4 is 22.9 Å². The molecule has 1 aliphatic heterocycles. The van der Waals surface area contributed by atoms with Gasteiger partial charge in [0, 0.05) is 11.8 Å². The lowest BCUT2D eigenvalue weighted by atomic mass is 10.1. The summed E-state index contributed by atoms with van der Waals surface area (Å²) in [6.07, 6.45) is -5.03. The summed E-state index contributed by atoms with van der Waals surface area (Å²) in [5.74, 6) is -0.686. The van der Waals surface area contributed by atoms with E-state index in [1.165, 1.54) is 0 Å². The van der Waals surface area contributed by atoms with E-state index in [0.717, 1.165) is 4.90 Å². The van der Waals surface area contributed by atoms with Crippen LogP contribution < -0.4 is 5.73 Å². The van der Waals surface area contributed by atoms with Crippen LogP contribution in [0.25, 0.3) is 0 Å². The first-order valence-electron chi connectivity index (χ1n) is 5.08. The fourth-order valence-electron chi connectivity index (χ4n) is 1.74. The van der Waals surface area contributed by atoms with Crippen LogP contribution in [0.15, 0.2) is 0 Å². The highest BCUT2D eigenvalue weighted by Gasteiger charge is 2.42. The van der Waals surface area contributed by atoms with E-state index < -0.39 is 35.0 Å². The quantitative estimate of drug-likeness (QED) is 0.846. The molecular formula is C9H13F3N2O2S. The lowest BCUT2D eigenvalue weighted by molar-refractivity contribution is -0.134. The van der Waals surface area contributed by atoms with Gasteiger partial charge in [-0.15, -0.1) is 0 Å². The summed E-state index contributed by atoms with van der Waals surface area (Å²) in [6.45, 7) is 1.58. The van der Waals surface area contributed by atoms with E-state index in [0.29, 0.717) is 18.2 Å². The molecule has 0 aliphatic carbocycles. The average Bonchev–Trinajstić information content (AvgIpc) is 2.44. The van der Waals surface area contributed by atoms with Crippen molar-refractivity contribution in [3.8, 4) is 0 Å². The number of halogens is 3. The van der Waals surface area contributed by atoms with Gasteiger partial charge in [-0.05, 0) is 6.42 Å². The van der Waals surface area contributed by atoms with Gasteiger partial charge in [-0.3, -0.25) is 9.59 Å². The second kappa shape index (κ2) is 5.16. The molecule has 0 spiro atoms. The fraction of sp³-hybridized carbons (Fsp3) is 0.778. The zero-order valence-corrected chi connectivity index (χ0v) is 9.98. The van der Waals surface area contributed by atoms with Crippen LogP contribution >= 0.6 is 11.8 Å². The lowest BCUT2D eigenvalue weighted by Crippen LogP contribution is -2.45. The first-order chi connectivity index (χ1) is 7.74. The van der Waals surface area contributed by atoms with E-state index in [9.17, 15) is 22.8 Å². The minimum atomic E-state index is -4.30. The van der Waals surface area contributed by atoms with E-state index in [1.54, 1.807) is 6.92 Å². The van der Waals surface area contributed by atoms with Gasteiger partial charge in [0.1, 0.15) is 6.04 Å². The monoisotopic (exact) mass is 270 g/mol. The molecule has 8 heteroatoms. The van der Waals surface area contributed by atoms with E-state index in [2.05, 4.69) is 0 Å². The molecule has 0 aromatic rings. The number of hydrogen-bond donors (Lipinski definition) is 1. The second-order valence-corrected chi connectivity index (χ2v) is 5.06. The number of alkyl halides is 3. The number of primary amides is 1. The highest BCUT2D eigenvalue weighted by atomic mass is 32.2. The molecule has 0 saturated carbocycles. The van der Waals surface area contributed by atoms with E-state index >= 15 is 0 Å². The maximum Gasteiger partial charge on any atom is 0.390 e. The van der Waals surface area contributed by atoms with Gasteiger partial charge in [0.05, 0.1) is 6.42 Å². The van der Waals surface area contributed by atoms with Crippen LogP contribution in [0.2, 0.25) is 0 Å². The molecule has 0 radical (unpaired) electrons. The minimum absolute atomic E-state index is 0.0789. The first kappa shape index (κ1) is 14.1. The Morgan fingerprint density at radius 1 is 1.65 bits per heavy atom. The molecule has 1 saturated heterocycles. The minimum Gasteiger partial charge on any atom is -0.368 e. The number of amides is 2. The third-order valence-electron chi connectivity index (χ3n) is 2.45. The normalized spacial score (nSPS) is 22.9. The molecule has 4 nitrogen and oxygen atoms in total. The van der Waals surface area contributed by atoms with Gasteiger partial charge in [-0.2, -0.15) is 13.2 Å². The number of hydrogen-bond acceptors (Lipinski definition) is 3. The molecule has 1 aliphatic rings. The molecule has 2 atom stereocenters. The van der Waals surface area contributed by atoms with Crippen molar-refractivity contribution in [1.29, 1.82) is 0 Å². The van der Waals surface area contributed by atoms with Crippen LogP contribution in [0.1, 0.15) is 19.8 Å². The number of carbonyl (C=O) groups is 2. The van der Waals surface area contributed by atoms with Gasteiger partial charge in [0.25, 0.3) is 5.24 Å². The van der Waals surface area contributed by atoms with Crippen LogP contribution in [-0.4, -0.2) is 40.1 Å². The van der Waals surface area contributed by atoms with E-state index in [1.807, 2.05) is 0 Å². The Kier molecular flexibility index (Phi) is 4.29. The topological polar surface area (TPSA) is 63.4 Å². The summed E-state index contributed by atoms with van der Waals surface area (Å²) in [7, 11) is 0. The van der Waals surface area contributed by atoms with Crippen molar-refractivity contribution < 1.29 is 22.8 Å². The third kappa shape index (κ3) is 3.79. The van der Waals surface area contributed by atoms with Crippen molar-refractivity contribution in [1.82, 2.24) is 4.90 Å². The predicted octanol–water partition coefficient (Wildman–Crippen LogP) is 1.74. The van der Waals surface area contributed by atoms with Crippen LogP contribution in [0, 0.1) is 0 Å². The predicted molar refractivity (Wildman–Crippen MR) is 57.4 cm³/mol. The maximum atomic E-state index is 12.2. The van der Waals surface area contributed by atoms with Crippen LogP contribution in [-0.2, 0) is 4.79 Å². The molecule has 98 valence electrons. The van der Waals surface area contributed by atoms with Crippen molar-refractivity contribution in [2.24, 2.45) is 5.73 Å². The Labute approximate surface area is 101 Å². The SMILES string of the molecule is CCC(C(N)=O)N1CC(CC(F)(F)F)SC1=O. The average molecular weight is 270 g/mol. The largest absolute Gasteiger partial charge is 0.390 e. The highest BCUT2D eigenvalue weighted by Crippen LogP contribution is 2.35. The number of rotatable bonds is 4. The van der Waals surface area contributed by atoms with Crippen LogP contribution in [0.5, 0.6) is 0 Å². The van der Waals surface area contributed by atoms with Crippen LogP contribution in [0.3, 0.4) is 0 Å². The van der Waals surface area contributed by atoms with Gasteiger partial charge in [-0.1, -0.05) is 18.7 Å². The molecule has 1 fully saturated rings. The van der Waals surface area contributed by atoms with Crippen molar-refractivity contribution in [3.05, 3.63) is 0 Å². The molecule has 1 rings (SSSR count). The van der Waals surface area contributed by atoms with Crippen molar-refractivity contribution in [3.63, 3.8) is 0 Å². The Balaban J connectivity index is 2.67. The Morgan fingerprint density at radius 3 is 2.65 bits per heavy atom. The zero-order valence-electron chi connectivity index (χ0n) is 9.16. The second-order valence-electron chi connectivity index (χ2n) is 3.80. The Morgan fingerprint density at radius 2 is 2.24 bits per heavy atom. The summed E-state index contributed by atoms with van der Waals surface area (Å²) in [4.78, 5) is 23.7. The fourth-order valence-corrected chi connectivity index (χ4v) is 2.87. The van der Waals surface area contributed by atoms with Gasteiger partial charge in [-0.25, -0.2) is 0 Å². The number of thioether (sulfide) groups is 1. The number of nitrogens with zero attached hydrogens (tertiary/aromatic N) is 1. The molecule has 2 N–H and O–H groups in total. The first-order valence-corrected chi connectivity index (χ1v) is 5.96. The smallest absolute Gasteiger partial charge is 0.368 e. The van der Waals surface area contributed by atoms with E-state index in [4.69, 9.17) is 5.73 Å². The molecular weight excluding hydrogens is 257 g/mol. The van der Waals surface area contributed by atoms with Gasteiger partial charge >= 0.3 is 6.18 Å². The number of nitrogens with two attached hydrogens (primary N) is 1. The lowest BCUT2D eigenvalue weighted by Gasteiger charge is -2.23. The molecule has 2 amide bonds. The molecule has 0 bridgehead atoms. The summed E-state index contributed by atoms with van der Waals surface area (Å²) < 4.78 is 36.5. The summed E-state index contributed by atoms with van der Waals surface area (Å²) >= 11 is 0.621. The van der Waals surface area contributed by atoms with Crippen molar-refractivity contribution in [2.45, 2.75) is 37.2 Å². The maximum absolute atomic E-state index is 12.2. The summed E-state index contributed by atoms with van der Waals surface area (Å²) in [5, 5.41) is -1.36. The Bertz CT molecular complexity index is 322. The molecule has 17 heavy (non-hydrogen) atoms. The summed E-state index contributed by atoms with van der Waals surface area (Å²) in [5.41, 5.74) is 5.10. The molecule has 2 unspecified atom stereocenters. The molecule has 1 heterocycles. The number of carbonyl (C=O) groups excluding carboxylic acids is 2. The van der Waals surface area contributed by atoms with E-state index in [-0.39, 0.29) is 6.54 Å². The van der Waals surface area contributed by atoms with Crippen molar-refractivity contribution in [2.75, 3.05) is 6.54 Å². The third-order valence-corrected chi connectivity index (χ3v) is 3.54. The highest BCUT2D eigenvalue weighted by molar-refractivity contribution is 8.14. The standard InChI is InChI=1S/C9H13F3N2O2S/c1-2-6(7(13)15)14-4-5(17-8(14)16)3-9(10,11)12/h5-6H,2-4H2,1H3,(H2,13,15). The van der Waals surface area contributed by atoms with Gasteiger partial charge in [0.15, 0.2) is 0 Å². The summed E-state index contributed by atoms with van der Waals surface area (Å²) in [6, 6.07) is -0.812. The molecule has 0 aromatic carbocycles. The molecule has 0 aromatic heterocycles. The Hall–Kier alpha value is -0.920. The van der Waals surface area contributed by atoms with Gasteiger partial charge in [0.2, 0.25) is 5.91 Å². The zero-order chi connectivity index (χ0) is 13.2. The van der Waals surface area contributed by atoms with Crippen LogP contribution in [0.4, 0.5) is 18.0 Å².